The van der Waals surface area contributed by atoms with Crippen molar-refractivity contribution in [3.05, 3.63) is 35.2 Å². The van der Waals surface area contributed by atoms with Crippen LogP contribution in [0.3, 0.4) is 0 Å². The summed E-state index contributed by atoms with van der Waals surface area (Å²) < 4.78 is 1.34. The molecular formula is C14H19NS. The summed E-state index contributed by atoms with van der Waals surface area (Å²) in [5.41, 5.74) is 6.25. The van der Waals surface area contributed by atoms with Gasteiger partial charge in [0.25, 0.3) is 0 Å². The molecule has 0 saturated heterocycles. The molecule has 1 aromatic heterocycles. The summed E-state index contributed by atoms with van der Waals surface area (Å²) in [6, 6.07) is 10.9. The average molecular weight is 233 g/mol. The van der Waals surface area contributed by atoms with Crippen LogP contribution in [-0.2, 0) is 0 Å². The van der Waals surface area contributed by atoms with E-state index < -0.39 is 0 Å². The molecule has 1 heterocycles. The molecular weight excluding hydrogens is 214 g/mol. The standard InChI is InChI=1S/C14H19NS/c1-3-10(2)8-12(15)14-9-11-6-4-5-7-13(11)16-14/h4-7,9-10,12H,3,8,15H2,1-2H3. The van der Waals surface area contributed by atoms with E-state index in [1.165, 1.54) is 21.4 Å². The molecule has 2 rings (SSSR count). The zero-order valence-electron chi connectivity index (χ0n) is 9.94. The lowest BCUT2D eigenvalue weighted by Gasteiger charge is -2.13. The predicted octanol–water partition coefficient (Wildman–Crippen LogP) is 4.34. The van der Waals surface area contributed by atoms with E-state index in [2.05, 4.69) is 44.2 Å². The number of hydrogen-bond donors (Lipinski definition) is 1. The van der Waals surface area contributed by atoms with Gasteiger partial charge in [-0.25, -0.2) is 0 Å². The van der Waals surface area contributed by atoms with Crippen molar-refractivity contribution >= 4 is 21.4 Å². The Morgan fingerprint density at radius 3 is 2.75 bits per heavy atom. The quantitative estimate of drug-likeness (QED) is 0.835. The van der Waals surface area contributed by atoms with Crippen LogP contribution in [0.15, 0.2) is 30.3 Å². The van der Waals surface area contributed by atoms with E-state index >= 15 is 0 Å². The van der Waals surface area contributed by atoms with Gasteiger partial charge in [-0.15, -0.1) is 11.3 Å². The molecule has 2 aromatic rings. The van der Waals surface area contributed by atoms with Crippen molar-refractivity contribution < 1.29 is 0 Å². The molecule has 0 aliphatic heterocycles. The summed E-state index contributed by atoms with van der Waals surface area (Å²) in [7, 11) is 0. The van der Waals surface area contributed by atoms with Crippen molar-refractivity contribution in [2.24, 2.45) is 11.7 Å². The zero-order valence-corrected chi connectivity index (χ0v) is 10.8. The van der Waals surface area contributed by atoms with Crippen molar-refractivity contribution in [2.75, 3.05) is 0 Å². The molecule has 2 N–H and O–H groups in total. The molecule has 2 unspecified atom stereocenters. The van der Waals surface area contributed by atoms with Crippen molar-refractivity contribution in [1.29, 1.82) is 0 Å². The first-order valence-corrected chi connectivity index (χ1v) is 6.76. The van der Waals surface area contributed by atoms with Gasteiger partial charge in [0, 0.05) is 15.6 Å². The summed E-state index contributed by atoms with van der Waals surface area (Å²) in [5, 5.41) is 1.32. The van der Waals surface area contributed by atoms with Crippen LogP contribution >= 0.6 is 11.3 Å². The number of fused-ring (bicyclic) bond motifs is 1. The second-order valence-corrected chi connectivity index (χ2v) is 5.66. The van der Waals surface area contributed by atoms with Gasteiger partial charge < -0.3 is 5.73 Å². The predicted molar refractivity (Wildman–Crippen MR) is 72.8 cm³/mol. The van der Waals surface area contributed by atoms with Crippen molar-refractivity contribution in [3.8, 4) is 0 Å². The van der Waals surface area contributed by atoms with E-state index in [0.717, 1.165) is 6.42 Å². The van der Waals surface area contributed by atoms with Crippen LogP contribution in [0.4, 0.5) is 0 Å². The highest BCUT2D eigenvalue weighted by molar-refractivity contribution is 7.19. The number of benzene rings is 1. The number of rotatable bonds is 4. The Morgan fingerprint density at radius 2 is 2.06 bits per heavy atom. The highest BCUT2D eigenvalue weighted by Gasteiger charge is 2.12. The first-order chi connectivity index (χ1) is 7.70. The third-order valence-electron chi connectivity index (χ3n) is 3.16. The third kappa shape index (κ3) is 2.45. The van der Waals surface area contributed by atoms with E-state index in [1.807, 2.05) is 11.3 Å². The molecule has 2 atom stereocenters. The highest BCUT2D eigenvalue weighted by Crippen LogP contribution is 2.31. The van der Waals surface area contributed by atoms with Crippen LogP contribution in [0.25, 0.3) is 10.1 Å². The van der Waals surface area contributed by atoms with E-state index in [9.17, 15) is 0 Å². The maximum atomic E-state index is 6.25. The van der Waals surface area contributed by atoms with E-state index in [1.54, 1.807) is 0 Å². The van der Waals surface area contributed by atoms with Crippen LogP contribution in [-0.4, -0.2) is 0 Å². The lowest BCUT2D eigenvalue weighted by molar-refractivity contribution is 0.465. The van der Waals surface area contributed by atoms with Crippen molar-refractivity contribution in [3.63, 3.8) is 0 Å². The fourth-order valence-corrected chi connectivity index (χ4v) is 2.98. The molecule has 0 saturated carbocycles. The van der Waals surface area contributed by atoms with E-state index in [-0.39, 0.29) is 6.04 Å². The molecule has 1 aromatic carbocycles. The Labute approximate surface area is 101 Å². The first kappa shape index (κ1) is 11.6. The highest BCUT2D eigenvalue weighted by atomic mass is 32.1. The van der Waals surface area contributed by atoms with Gasteiger partial charge >= 0.3 is 0 Å². The van der Waals surface area contributed by atoms with Crippen LogP contribution in [0.2, 0.25) is 0 Å². The molecule has 86 valence electrons. The van der Waals surface area contributed by atoms with Gasteiger partial charge in [-0.1, -0.05) is 38.5 Å². The van der Waals surface area contributed by atoms with Gasteiger partial charge in [-0.05, 0) is 29.9 Å². The topological polar surface area (TPSA) is 26.0 Å². The van der Waals surface area contributed by atoms with Crippen molar-refractivity contribution in [1.82, 2.24) is 0 Å². The maximum absolute atomic E-state index is 6.25. The Bertz CT molecular complexity index is 427. The minimum atomic E-state index is 0.201. The van der Waals surface area contributed by atoms with Crippen LogP contribution in [0.5, 0.6) is 0 Å². The second-order valence-electron chi connectivity index (χ2n) is 4.54. The summed E-state index contributed by atoms with van der Waals surface area (Å²) in [6.45, 7) is 4.50. The van der Waals surface area contributed by atoms with Gasteiger partial charge in [0.1, 0.15) is 0 Å². The summed E-state index contributed by atoms with van der Waals surface area (Å²) >= 11 is 1.83. The Hall–Kier alpha value is -0.860. The summed E-state index contributed by atoms with van der Waals surface area (Å²) in [6.07, 6.45) is 2.29. The Balaban J connectivity index is 2.19. The second kappa shape index (κ2) is 4.98. The molecule has 0 amide bonds. The van der Waals surface area contributed by atoms with Gasteiger partial charge in [-0.3, -0.25) is 0 Å². The van der Waals surface area contributed by atoms with E-state index in [4.69, 9.17) is 5.73 Å². The molecule has 0 aliphatic rings. The number of nitrogens with two attached hydrogens (primary N) is 1. The molecule has 0 aliphatic carbocycles. The summed E-state index contributed by atoms with van der Waals surface area (Å²) in [5.74, 6) is 0.709. The van der Waals surface area contributed by atoms with Crippen molar-refractivity contribution in [2.45, 2.75) is 32.7 Å². The minimum absolute atomic E-state index is 0.201. The van der Waals surface area contributed by atoms with Gasteiger partial charge in [0.15, 0.2) is 0 Å². The fourth-order valence-electron chi connectivity index (χ4n) is 1.90. The third-order valence-corrected chi connectivity index (χ3v) is 4.41. The molecule has 0 fully saturated rings. The Morgan fingerprint density at radius 1 is 1.31 bits per heavy atom. The maximum Gasteiger partial charge on any atom is 0.0392 e. The number of thiophene rings is 1. The normalized spacial score (nSPS) is 15.2. The largest absolute Gasteiger partial charge is 0.323 e. The molecule has 1 nitrogen and oxygen atoms in total. The Kier molecular flexibility index (Phi) is 3.62. The molecule has 0 bridgehead atoms. The molecule has 0 spiro atoms. The lowest BCUT2D eigenvalue weighted by Crippen LogP contribution is -2.12. The average Bonchev–Trinajstić information content (AvgIpc) is 2.72. The van der Waals surface area contributed by atoms with Gasteiger partial charge in [0.2, 0.25) is 0 Å². The molecule has 16 heavy (non-hydrogen) atoms. The van der Waals surface area contributed by atoms with Crippen LogP contribution in [0, 0.1) is 5.92 Å². The number of hydrogen-bond acceptors (Lipinski definition) is 2. The zero-order chi connectivity index (χ0) is 11.5. The smallest absolute Gasteiger partial charge is 0.0392 e. The molecule has 0 radical (unpaired) electrons. The van der Waals surface area contributed by atoms with Crippen LogP contribution in [0.1, 0.15) is 37.6 Å². The van der Waals surface area contributed by atoms with Gasteiger partial charge in [-0.2, -0.15) is 0 Å². The first-order valence-electron chi connectivity index (χ1n) is 5.94. The minimum Gasteiger partial charge on any atom is -0.323 e. The summed E-state index contributed by atoms with van der Waals surface area (Å²) in [4.78, 5) is 1.32. The lowest BCUT2D eigenvalue weighted by atomic mass is 9.99. The SMILES string of the molecule is CCC(C)CC(N)c1cc2ccccc2s1. The fraction of sp³-hybridized carbons (Fsp3) is 0.429. The van der Waals surface area contributed by atoms with Crippen LogP contribution < -0.4 is 5.73 Å². The molecule has 2 heteroatoms. The monoisotopic (exact) mass is 233 g/mol. The van der Waals surface area contributed by atoms with E-state index in [0.29, 0.717) is 5.92 Å². The van der Waals surface area contributed by atoms with Gasteiger partial charge in [0.05, 0.1) is 0 Å².